The van der Waals surface area contributed by atoms with Gasteiger partial charge in [0.25, 0.3) is 5.91 Å². The van der Waals surface area contributed by atoms with Crippen molar-refractivity contribution in [1.82, 2.24) is 0 Å². The van der Waals surface area contributed by atoms with Crippen LogP contribution in [0.1, 0.15) is 10.4 Å². The van der Waals surface area contributed by atoms with E-state index < -0.39 is 0 Å². The maximum absolute atomic E-state index is 13.0. The first-order valence-corrected chi connectivity index (χ1v) is 8.42. The lowest BCUT2D eigenvalue weighted by molar-refractivity contribution is 0.102. The molecule has 26 heavy (non-hydrogen) atoms. The molecule has 0 bridgehead atoms. The molecule has 0 radical (unpaired) electrons. The SMILES string of the molecule is O=C(Nc1ccccc1)c1c(Oc2ccccc2)ccc2ccccc12. The highest BCUT2D eigenvalue weighted by molar-refractivity contribution is 6.15. The lowest BCUT2D eigenvalue weighted by Crippen LogP contribution is -2.13. The summed E-state index contributed by atoms with van der Waals surface area (Å²) in [7, 11) is 0. The second-order valence-corrected chi connectivity index (χ2v) is 5.90. The molecule has 0 atom stereocenters. The maximum atomic E-state index is 13.0. The maximum Gasteiger partial charge on any atom is 0.260 e. The Hall–Kier alpha value is -3.59. The third-order valence-electron chi connectivity index (χ3n) is 4.12. The van der Waals surface area contributed by atoms with Crippen molar-refractivity contribution in [2.75, 3.05) is 5.32 Å². The Labute approximate surface area is 151 Å². The zero-order valence-electron chi connectivity index (χ0n) is 14.1. The van der Waals surface area contributed by atoms with E-state index >= 15 is 0 Å². The number of anilines is 1. The molecule has 0 aromatic heterocycles. The van der Waals surface area contributed by atoms with E-state index in [2.05, 4.69) is 5.32 Å². The van der Waals surface area contributed by atoms with E-state index in [1.165, 1.54) is 0 Å². The third-order valence-corrected chi connectivity index (χ3v) is 4.12. The van der Waals surface area contributed by atoms with E-state index in [1.807, 2.05) is 97.1 Å². The van der Waals surface area contributed by atoms with Crippen molar-refractivity contribution < 1.29 is 9.53 Å². The summed E-state index contributed by atoms with van der Waals surface area (Å²) in [5, 5.41) is 4.81. The van der Waals surface area contributed by atoms with Crippen molar-refractivity contribution in [2.24, 2.45) is 0 Å². The zero-order chi connectivity index (χ0) is 17.8. The van der Waals surface area contributed by atoms with E-state index in [0.29, 0.717) is 17.1 Å². The van der Waals surface area contributed by atoms with Gasteiger partial charge >= 0.3 is 0 Å². The number of nitrogens with one attached hydrogen (secondary N) is 1. The zero-order valence-corrected chi connectivity index (χ0v) is 14.1. The van der Waals surface area contributed by atoms with Crippen molar-refractivity contribution in [1.29, 1.82) is 0 Å². The van der Waals surface area contributed by atoms with Gasteiger partial charge in [0.1, 0.15) is 11.5 Å². The number of rotatable bonds is 4. The fraction of sp³-hybridized carbons (Fsp3) is 0. The summed E-state index contributed by atoms with van der Waals surface area (Å²) in [6, 6.07) is 30.5. The summed E-state index contributed by atoms with van der Waals surface area (Å²) in [4.78, 5) is 13.0. The van der Waals surface area contributed by atoms with E-state index in [0.717, 1.165) is 16.5 Å². The van der Waals surface area contributed by atoms with Gasteiger partial charge in [0, 0.05) is 5.69 Å². The van der Waals surface area contributed by atoms with Gasteiger partial charge in [0.15, 0.2) is 0 Å². The number of ether oxygens (including phenoxy) is 1. The Morgan fingerprint density at radius 1 is 0.692 bits per heavy atom. The lowest BCUT2D eigenvalue weighted by Gasteiger charge is -2.14. The van der Waals surface area contributed by atoms with Crippen LogP contribution in [0.3, 0.4) is 0 Å². The molecule has 0 heterocycles. The molecule has 0 spiro atoms. The molecule has 126 valence electrons. The van der Waals surface area contributed by atoms with Gasteiger partial charge in [-0.15, -0.1) is 0 Å². The van der Waals surface area contributed by atoms with Crippen LogP contribution in [-0.2, 0) is 0 Å². The van der Waals surface area contributed by atoms with Crippen LogP contribution in [0, 0.1) is 0 Å². The summed E-state index contributed by atoms with van der Waals surface area (Å²) in [6.45, 7) is 0. The summed E-state index contributed by atoms with van der Waals surface area (Å²) in [5.74, 6) is 1.03. The van der Waals surface area contributed by atoms with Gasteiger partial charge in [0.2, 0.25) is 0 Å². The van der Waals surface area contributed by atoms with Gasteiger partial charge in [-0.2, -0.15) is 0 Å². The summed E-state index contributed by atoms with van der Waals surface area (Å²) in [6.07, 6.45) is 0. The Balaban J connectivity index is 1.79. The van der Waals surface area contributed by atoms with Crippen molar-refractivity contribution in [3.63, 3.8) is 0 Å². The second-order valence-electron chi connectivity index (χ2n) is 5.90. The van der Waals surface area contributed by atoms with Gasteiger partial charge < -0.3 is 10.1 Å². The molecule has 0 aliphatic carbocycles. The molecule has 0 fully saturated rings. The van der Waals surface area contributed by atoms with Gasteiger partial charge in [-0.3, -0.25) is 4.79 Å². The highest BCUT2D eigenvalue weighted by Gasteiger charge is 2.17. The first-order valence-electron chi connectivity index (χ1n) is 8.42. The Kier molecular flexibility index (Phi) is 4.35. The van der Waals surface area contributed by atoms with Crippen molar-refractivity contribution in [3.8, 4) is 11.5 Å². The highest BCUT2D eigenvalue weighted by Crippen LogP contribution is 2.32. The highest BCUT2D eigenvalue weighted by atomic mass is 16.5. The predicted molar refractivity (Wildman–Crippen MR) is 105 cm³/mol. The fourth-order valence-electron chi connectivity index (χ4n) is 2.90. The topological polar surface area (TPSA) is 38.3 Å². The summed E-state index contributed by atoms with van der Waals surface area (Å²) >= 11 is 0. The normalized spacial score (nSPS) is 10.5. The molecule has 1 amide bonds. The molecule has 3 nitrogen and oxygen atoms in total. The number of hydrogen-bond acceptors (Lipinski definition) is 2. The van der Waals surface area contributed by atoms with Crippen LogP contribution >= 0.6 is 0 Å². The average molecular weight is 339 g/mol. The molecule has 3 heteroatoms. The minimum Gasteiger partial charge on any atom is -0.457 e. The van der Waals surface area contributed by atoms with Gasteiger partial charge in [-0.1, -0.05) is 66.7 Å². The van der Waals surface area contributed by atoms with Gasteiger partial charge in [0.05, 0.1) is 5.56 Å². The molecule has 0 aliphatic heterocycles. The van der Waals surface area contributed by atoms with E-state index in [9.17, 15) is 4.79 Å². The van der Waals surface area contributed by atoms with Gasteiger partial charge in [-0.05, 0) is 41.1 Å². The Morgan fingerprint density at radius 3 is 2.12 bits per heavy atom. The monoisotopic (exact) mass is 339 g/mol. The lowest BCUT2D eigenvalue weighted by atomic mass is 10.0. The smallest absolute Gasteiger partial charge is 0.260 e. The summed E-state index contributed by atoms with van der Waals surface area (Å²) < 4.78 is 6.02. The molecular formula is C23H17NO2. The predicted octanol–water partition coefficient (Wildman–Crippen LogP) is 5.88. The number of para-hydroxylation sites is 2. The summed E-state index contributed by atoms with van der Waals surface area (Å²) in [5.41, 5.74) is 1.27. The Morgan fingerprint density at radius 2 is 1.35 bits per heavy atom. The number of amides is 1. The fourth-order valence-corrected chi connectivity index (χ4v) is 2.90. The number of carbonyl (C=O) groups is 1. The molecule has 4 aromatic carbocycles. The van der Waals surface area contributed by atoms with Crippen LogP contribution in [0.25, 0.3) is 10.8 Å². The molecule has 0 saturated heterocycles. The van der Waals surface area contributed by atoms with E-state index in [1.54, 1.807) is 0 Å². The molecular weight excluding hydrogens is 322 g/mol. The van der Waals surface area contributed by atoms with Crippen LogP contribution < -0.4 is 10.1 Å². The average Bonchev–Trinajstić information content (AvgIpc) is 2.69. The quantitative estimate of drug-likeness (QED) is 0.504. The first kappa shape index (κ1) is 15.9. The first-order chi connectivity index (χ1) is 12.8. The van der Waals surface area contributed by atoms with Gasteiger partial charge in [-0.25, -0.2) is 0 Å². The molecule has 0 saturated carbocycles. The van der Waals surface area contributed by atoms with Crippen molar-refractivity contribution in [3.05, 3.63) is 103 Å². The van der Waals surface area contributed by atoms with Crippen LogP contribution in [-0.4, -0.2) is 5.91 Å². The largest absolute Gasteiger partial charge is 0.457 e. The van der Waals surface area contributed by atoms with Crippen molar-refractivity contribution >= 4 is 22.4 Å². The minimum atomic E-state index is -0.195. The van der Waals surface area contributed by atoms with Crippen LogP contribution in [0.2, 0.25) is 0 Å². The van der Waals surface area contributed by atoms with E-state index in [-0.39, 0.29) is 5.91 Å². The minimum absolute atomic E-state index is 0.195. The molecule has 1 N–H and O–H groups in total. The third kappa shape index (κ3) is 3.28. The van der Waals surface area contributed by atoms with Crippen LogP contribution in [0.4, 0.5) is 5.69 Å². The second kappa shape index (κ2) is 7.11. The molecule has 4 aromatic rings. The molecule has 4 rings (SSSR count). The number of carbonyl (C=O) groups excluding carboxylic acids is 1. The number of fused-ring (bicyclic) bond motifs is 1. The molecule has 0 aliphatic rings. The number of benzene rings is 4. The number of hydrogen-bond donors (Lipinski definition) is 1. The standard InChI is InChI=1S/C23H17NO2/c25-23(24-18-10-3-1-4-11-18)22-20-14-8-7-9-17(20)15-16-21(22)26-19-12-5-2-6-13-19/h1-16H,(H,24,25). The van der Waals surface area contributed by atoms with Crippen LogP contribution in [0.5, 0.6) is 11.5 Å². The van der Waals surface area contributed by atoms with Crippen LogP contribution in [0.15, 0.2) is 97.1 Å². The van der Waals surface area contributed by atoms with Crippen molar-refractivity contribution in [2.45, 2.75) is 0 Å². The molecule has 0 unspecified atom stereocenters. The van der Waals surface area contributed by atoms with E-state index in [4.69, 9.17) is 4.74 Å². The Bertz CT molecular complexity index is 1040.